The van der Waals surface area contributed by atoms with Crippen LogP contribution in [0.25, 0.3) is 129 Å². The summed E-state index contributed by atoms with van der Waals surface area (Å²) in [6.07, 6.45) is 28.8. The number of aryl methyl sites for hydroxylation is 9. The monoisotopic (exact) mass is 2630 g/mol. The molecular formula is C102H85F3Ir5N13O5S-5. The standard InChI is InChI=1S/C23H17N2O.C21H22N3O.C20H18N3OS.C19H12F3N2O.C19H16N3O.5Ir/c1-16-14-18-8-4-10-20(22(18)26-15-16)23-24-12-13-25(23)21-11-5-7-17-6-2-3-9-19(17)21;1-14-12-15(2)19(16(3)13-14)24-9-8-22-21(24)17-6-5-7-18-20(17)25-11-10-23(18)4;1-12-7-13(2)18(14(3)8-12)23-6-5-21-19(23)15-9-22-20(24-4)17-11-25-10-16(15)17;20-19(21,22)16-9-12-25-17-14(16)7-4-8-15(17)18-23-10-11-24(18)13-5-2-1-3-6-13;1-12-6-13(2)18(14(3)7-12)22-5-4-21-19(22)16-9-20-8-15-10-23-11-17(15)16;;;;;/h2-9,11-14H,15H2,1H3;5,7-9,12-13H,10-11H2,1-4H3;5-8,10-11H,1-4H3;1-7,9-11H,12H2;4-8,10-11H,1-3H3;;;;;/q5*-1;;;;;. The molecule has 12 heterocycles. The Kier molecular flexibility index (Phi) is 31.5. The van der Waals surface area contributed by atoms with Crippen molar-refractivity contribution in [3.05, 3.63) is 340 Å². The smallest absolute Gasteiger partial charge is 0.415 e. The van der Waals surface area contributed by atoms with Gasteiger partial charge in [0, 0.05) is 227 Å². The zero-order chi connectivity index (χ0) is 86.0. The summed E-state index contributed by atoms with van der Waals surface area (Å²) in [5, 5.41) is 10.5. The van der Waals surface area contributed by atoms with Crippen LogP contribution >= 0.6 is 11.3 Å². The van der Waals surface area contributed by atoms with Gasteiger partial charge in [0.05, 0.1) is 74.3 Å². The van der Waals surface area contributed by atoms with Crippen LogP contribution in [0.3, 0.4) is 0 Å². The molecule has 665 valence electrons. The van der Waals surface area contributed by atoms with Gasteiger partial charge < -0.3 is 61.1 Å². The van der Waals surface area contributed by atoms with E-state index in [-0.39, 0.29) is 118 Å². The first-order chi connectivity index (χ1) is 60.2. The number of ether oxygens (including phenoxy) is 4. The van der Waals surface area contributed by atoms with E-state index in [2.05, 4.69) is 255 Å². The number of alkyl halides is 3. The molecule has 3 aliphatic rings. The number of nitrogens with zero attached hydrogens (tertiary/aromatic N) is 13. The second kappa shape index (κ2) is 42.0. The summed E-state index contributed by atoms with van der Waals surface area (Å²) >= 11 is 1.63. The molecule has 9 aromatic carbocycles. The van der Waals surface area contributed by atoms with Crippen molar-refractivity contribution in [2.45, 2.75) is 75.4 Å². The summed E-state index contributed by atoms with van der Waals surface area (Å²) in [5.41, 5.74) is 23.2. The van der Waals surface area contributed by atoms with E-state index in [0.717, 1.165) is 125 Å². The van der Waals surface area contributed by atoms with Gasteiger partial charge in [0.1, 0.15) is 5.88 Å². The fraction of sp³-hybridized carbons (Fsp3) is 0.167. The molecular weight excluding hydrogens is 2540 g/mol. The molecule has 0 saturated heterocycles. The third kappa shape index (κ3) is 19.9. The molecule has 0 spiro atoms. The average molecular weight is 2620 g/mol. The number of furan rings is 1. The zero-order valence-corrected chi connectivity index (χ0v) is 84.9. The van der Waals surface area contributed by atoms with Crippen LogP contribution in [-0.4, -0.2) is 104 Å². The van der Waals surface area contributed by atoms with Crippen LogP contribution < -0.4 is 23.8 Å². The maximum atomic E-state index is 13.3. The Morgan fingerprint density at radius 2 is 0.953 bits per heavy atom. The topological polar surface area (TPSA) is 168 Å². The van der Waals surface area contributed by atoms with Crippen molar-refractivity contribution in [3.63, 3.8) is 0 Å². The Morgan fingerprint density at radius 3 is 1.54 bits per heavy atom. The van der Waals surface area contributed by atoms with Gasteiger partial charge in [0.2, 0.25) is 0 Å². The van der Waals surface area contributed by atoms with Crippen LogP contribution in [0.1, 0.15) is 68.1 Å². The van der Waals surface area contributed by atoms with Crippen molar-refractivity contribution in [3.8, 4) is 109 Å². The Balaban J connectivity index is 0.000000145. The summed E-state index contributed by atoms with van der Waals surface area (Å²) in [5.74, 6) is 6.31. The van der Waals surface area contributed by atoms with Gasteiger partial charge in [-0.1, -0.05) is 163 Å². The van der Waals surface area contributed by atoms with Crippen LogP contribution in [0.15, 0.2) is 253 Å². The van der Waals surface area contributed by atoms with Crippen LogP contribution in [0.4, 0.5) is 18.9 Å². The van der Waals surface area contributed by atoms with Crippen molar-refractivity contribution in [2.24, 2.45) is 0 Å². The molecule has 5 radical (unpaired) electrons. The molecule has 0 atom stereocenters. The number of anilines is 1. The Labute approximate surface area is 818 Å². The number of methoxy groups -OCH3 is 1. The molecule has 18 aromatic rings. The predicted octanol–water partition coefficient (Wildman–Crippen LogP) is 23.3. The maximum absolute atomic E-state index is 13.3. The maximum Gasteiger partial charge on any atom is 0.415 e. The van der Waals surface area contributed by atoms with E-state index in [0.29, 0.717) is 30.5 Å². The van der Waals surface area contributed by atoms with Gasteiger partial charge in [0.25, 0.3) is 0 Å². The number of allylic oxidation sites excluding steroid dienone is 1. The van der Waals surface area contributed by atoms with Gasteiger partial charge in [0.15, 0.2) is 0 Å². The van der Waals surface area contributed by atoms with Gasteiger partial charge in [-0.3, -0.25) is 24.9 Å². The van der Waals surface area contributed by atoms with Crippen LogP contribution in [0, 0.1) is 92.9 Å². The first-order valence-electron chi connectivity index (χ1n) is 40.4. The predicted molar refractivity (Wildman–Crippen MR) is 484 cm³/mol. The molecule has 18 nitrogen and oxygen atoms in total. The van der Waals surface area contributed by atoms with E-state index in [1.54, 1.807) is 60.3 Å². The molecule has 9 aromatic heterocycles. The summed E-state index contributed by atoms with van der Waals surface area (Å²) in [4.78, 5) is 33.5. The number of pyridine rings is 2. The number of rotatable bonds is 11. The minimum Gasteiger partial charge on any atom is -0.533 e. The van der Waals surface area contributed by atoms with Gasteiger partial charge in [-0.2, -0.15) is 24.5 Å². The molecule has 0 bridgehead atoms. The van der Waals surface area contributed by atoms with Crippen molar-refractivity contribution < 1.29 is 137 Å². The number of imidazole rings is 5. The Morgan fingerprint density at radius 1 is 0.457 bits per heavy atom. The SMILES string of the molecule is CC1=Cc2cc[c-]c(-c3nccn3-c3cccc4ccccc34)c2OC1.COc1n[c-]c(-c2nccn2-c2c(C)cc(C)cc2C)c2cscc12.Cc1cc(C)c(-n2ccnc2-c2[c-]ccc3c2OCCN3C)c(C)c1.Cc1cc(C)c(-n2ccnc2-c2[c-]ncc3cocc23)c(C)c1.FC(F)(F)C1=CCOc2c(-c3nccn3-c3ccccc3)[c-]ccc21.[Ir].[Ir].[Ir].[Ir].[Ir]. The van der Waals surface area contributed by atoms with Gasteiger partial charge >= 0.3 is 6.18 Å². The van der Waals surface area contributed by atoms with Crippen molar-refractivity contribution in [1.29, 1.82) is 0 Å². The van der Waals surface area contributed by atoms with E-state index in [1.807, 2.05) is 103 Å². The number of halogens is 3. The van der Waals surface area contributed by atoms with E-state index in [1.165, 1.54) is 84.2 Å². The van der Waals surface area contributed by atoms with Crippen molar-refractivity contribution in [1.82, 2.24) is 57.7 Å². The number of likely N-dealkylation sites (N-methyl/N-ethyl adjacent to an activating group) is 1. The summed E-state index contributed by atoms with van der Waals surface area (Å²) < 4.78 is 78.4. The molecule has 21 rings (SSSR count). The Hall–Kier alpha value is -11.4. The third-order valence-corrected chi connectivity index (χ3v) is 22.6. The van der Waals surface area contributed by atoms with Crippen LogP contribution in [0.2, 0.25) is 0 Å². The molecule has 129 heavy (non-hydrogen) atoms. The van der Waals surface area contributed by atoms with Crippen molar-refractivity contribution >= 4 is 61.0 Å². The molecule has 0 unspecified atom stereocenters. The second-order valence-corrected chi connectivity index (χ2v) is 31.5. The molecule has 27 heteroatoms. The number of hydrogen-bond acceptors (Lipinski definition) is 14. The first kappa shape index (κ1) is 96.7. The minimum absolute atomic E-state index is 0. The van der Waals surface area contributed by atoms with Gasteiger partial charge in [-0.15, -0.1) is 54.6 Å². The van der Waals surface area contributed by atoms with Gasteiger partial charge in [-0.05, 0) is 184 Å². The molecule has 0 amide bonds. The molecule has 0 fully saturated rings. The zero-order valence-electron chi connectivity index (χ0n) is 72.1. The third-order valence-electron chi connectivity index (χ3n) is 21.9. The number of hydrogen-bond donors (Lipinski definition) is 0. The van der Waals surface area contributed by atoms with Gasteiger partial charge in [-0.25, -0.2) is 0 Å². The van der Waals surface area contributed by atoms with E-state index in [9.17, 15) is 13.2 Å². The molecule has 0 N–H and O–H groups in total. The summed E-state index contributed by atoms with van der Waals surface area (Å²) in [7, 11) is 3.72. The summed E-state index contributed by atoms with van der Waals surface area (Å²) in [6, 6.07) is 57.8. The number of thiophene rings is 1. The summed E-state index contributed by atoms with van der Waals surface area (Å²) in [6.45, 7) is 23.3. The molecule has 0 saturated carbocycles. The molecule has 3 aliphatic heterocycles. The van der Waals surface area contributed by atoms with E-state index in [4.69, 9.17) is 23.4 Å². The fourth-order valence-electron chi connectivity index (χ4n) is 16.8. The number of benzene rings is 9. The van der Waals surface area contributed by atoms with Crippen LogP contribution in [-0.2, 0) is 101 Å². The number of fused-ring (bicyclic) bond motifs is 6. The van der Waals surface area contributed by atoms with Crippen molar-refractivity contribution in [2.75, 3.05) is 45.4 Å². The Bertz CT molecular complexity index is 7030. The molecule has 0 aliphatic carbocycles. The normalized spacial score (nSPS) is 12.1. The first-order valence-corrected chi connectivity index (χ1v) is 41.3. The van der Waals surface area contributed by atoms with E-state index < -0.39 is 11.7 Å². The minimum atomic E-state index is -4.44. The quantitative estimate of drug-likeness (QED) is 0.112. The van der Waals surface area contributed by atoms with Crippen LogP contribution in [0.5, 0.6) is 23.1 Å². The van der Waals surface area contributed by atoms with E-state index >= 15 is 0 Å². The number of aromatic nitrogens is 12. The largest absolute Gasteiger partial charge is 0.533 e. The fourth-order valence-corrected chi connectivity index (χ4v) is 17.6. The second-order valence-electron chi connectivity index (χ2n) is 30.7. The average Bonchev–Trinajstić information content (AvgIpc) is 1.37. The number of para-hydroxylation sites is 1.